The molecule has 1 saturated heterocycles. The molecule has 1 aliphatic rings. The van der Waals surface area contributed by atoms with Crippen molar-refractivity contribution >= 4 is 29.3 Å². The van der Waals surface area contributed by atoms with E-state index in [-0.39, 0.29) is 35.7 Å². The second kappa shape index (κ2) is 8.81. The van der Waals surface area contributed by atoms with Gasteiger partial charge < -0.3 is 19.5 Å². The summed E-state index contributed by atoms with van der Waals surface area (Å²) >= 11 is 6.08. The fraction of sp³-hybridized carbons (Fsp3) is 0.533. The molecule has 1 unspecified atom stereocenters. The van der Waals surface area contributed by atoms with E-state index in [1.165, 1.54) is 12.3 Å². The summed E-state index contributed by atoms with van der Waals surface area (Å²) in [6, 6.07) is 1.43. The van der Waals surface area contributed by atoms with Gasteiger partial charge in [-0.05, 0) is 25.8 Å². The second-order valence-electron chi connectivity index (χ2n) is 4.94. The first-order valence-electron chi connectivity index (χ1n) is 7.42. The zero-order chi connectivity index (χ0) is 16.7. The molecule has 1 aromatic heterocycles. The van der Waals surface area contributed by atoms with Crippen molar-refractivity contribution in [1.82, 2.24) is 4.98 Å². The predicted octanol–water partition coefficient (Wildman–Crippen LogP) is 2.05. The molecule has 0 radical (unpaired) electrons. The third kappa shape index (κ3) is 5.16. The van der Waals surface area contributed by atoms with Crippen molar-refractivity contribution in [2.75, 3.05) is 31.7 Å². The van der Waals surface area contributed by atoms with Crippen molar-refractivity contribution in [1.29, 1.82) is 0 Å². The van der Waals surface area contributed by atoms with Crippen LogP contribution in [0.2, 0.25) is 5.02 Å². The Balaban J connectivity index is 1.87. The number of nitrogens with zero attached hydrogens (tertiary/aromatic N) is 1. The average Bonchev–Trinajstić information content (AvgIpc) is 3.03. The molecule has 0 aliphatic carbocycles. The van der Waals surface area contributed by atoms with Gasteiger partial charge in [-0.1, -0.05) is 11.6 Å². The summed E-state index contributed by atoms with van der Waals surface area (Å²) in [7, 11) is 0. The topological polar surface area (TPSA) is 86.8 Å². The largest absolute Gasteiger partial charge is 0.462 e. The molecule has 0 aromatic carbocycles. The quantitative estimate of drug-likeness (QED) is 0.763. The Morgan fingerprint density at radius 2 is 2.35 bits per heavy atom. The van der Waals surface area contributed by atoms with Crippen LogP contribution in [0.25, 0.3) is 0 Å². The van der Waals surface area contributed by atoms with Crippen LogP contribution in [0, 0.1) is 0 Å². The summed E-state index contributed by atoms with van der Waals surface area (Å²) in [5, 5.41) is 2.56. The van der Waals surface area contributed by atoms with Crippen LogP contribution in [-0.2, 0) is 19.0 Å². The molecular weight excluding hydrogens is 324 g/mol. The van der Waals surface area contributed by atoms with Crippen molar-refractivity contribution in [2.24, 2.45) is 0 Å². The Bertz CT molecular complexity index is 561. The minimum absolute atomic E-state index is 0.0402. The van der Waals surface area contributed by atoms with Crippen molar-refractivity contribution in [3.8, 4) is 0 Å². The molecule has 1 N–H and O–H groups in total. The maximum Gasteiger partial charge on any atom is 0.339 e. The molecule has 2 rings (SSSR count). The molecule has 126 valence electrons. The molecule has 0 saturated carbocycles. The number of aromatic nitrogens is 1. The number of carbonyl (C=O) groups excluding carboxylic acids is 2. The molecule has 1 amide bonds. The summed E-state index contributed by atoms with van der Waals surface area (Å²) in [6.45, 7) is 2.90. The van der Waals surface area contributed by atoms with Crippen LogP contribution in [-0.4, -0.2) is 49.4 Å². The van der Waals surface area contributed by atoms with Crippen LogP contribution in [0.1, 0.15) is 30.1 Å². The van der Waals surface area contributed by atoms with Gasteiger partial charge in [-0.2, -0.15) is 0 Å². The van der Waals surface area contributed by atoms with Crippen LogP contribution in [0.5, 0.6) is 0 Å². The molecule has 23 heavy (non-hydrogen) atoms. The van der Waals surface area contributed by atoms with Crippen molar-refractivity contribution in [2.45, 2.75) is 25.9 Å². The highest BCUT2D eigenvalue weighted by molar-refractivity contribution is 6.36. The Morgan fingerprint density at radius 3 is 3.04 bits per heavy atom. The van der Waals surface area contributed by atoms with E-state index < -0.39 is 11.9 Å². The van der Waals surface area contributed by atoms with E-state index in [2.05, 4.69) is 10.3 Å². The number of esters is 1. The lowest BCUT2D eigenvalue weighted by atomic mass is 10.2. The molecule has 1 atom stereocenters. The van der Waals surface area contributed by atoms with Crippen molar-refractivity contribution < 1.29 is 23.8 Å². The molecule has 2 heterocycles. The maximum absolute atomic E-state index is 11.9. The van der Waals surface area contributed by atoms with Gasteiger partial charge in [-0.3, -0.25) is 4.79 Å². The van der Waals surface area contributed by atoms with Crippen molar-refractivity contribution in [3.63, 3.8) is 0 Å². The lowest BCUT2D eigenvalue weighted by Gasteiger charge is -2.11. The third-order valence-electron chi connectivity index (χ3n) is 3.20. The van der Waals surface area contributed by atoms with Gasteiger partial charge in [0.25, 0.3) is 5.91 Å². The lowest BCUT2D eigenvalue weighted by Crippen LogP contribution is -2.23. The van der Waals surface area contributed by atoms with Crippen LogP contribution in [0.4, 0.5) is 5.82 Å². The molecule has 1 aliphatic heterocycles. The molecule has 1 aromatic rings. The van der Waals surface area contributed by atoms with Crippen LogP contribution < -0.4 is 5.32 Å². The second-order valence-corrected chi connectivity index (χ2v) is 5.32. The van der Waals surface area contributed by atoms with Crippen LogP contribution >= 0.6 is 11.6 Å². The Hall–Kier alpha value is -1.70. The van der Waals surface area contributed by atoms with E-state index >= 15 is 0 Å². The number of hydrogen-bond donors (Lipinski definition) is 1. The van der Waals surface area contributed by atoms with Gasteiger partial charge in [0.05, 0.1) is 29.9 Å². The number of anilines is 1. The Kier molecular flexibility index (Phi) is 6.76. The SMILES string of the molecule is CCOC(=O)c1ccnc(NC(=O)COCC2CCCO2)c1Cl. The molecule has 8 heteroatoms. The molecule has 0 spiro atoms. The highest BCUT2D eigenvalue weighted by Gasteiger charge is 2.18. The van der Waals surface area contributed by atoms with Gasteiger partial charge in [-0.25, -0.2) is 9.78 Å². The highest BCUT2D eigenvalue weighted by atomic mass is 35.5. The highest BCUT2D eigenvalue weighted by Crippen LogP contribution is 2.24. The molecule has 7 nitrogen and oxygen atoms in total. The first-order valence-corrected chi connectivity index (χ1v) is 7.80. The lowest BCUT2D eigenvalue weighted by molar-refractivity contribution is -0.121. The van der Waals surface area contributed by atoms with E-state index in [9.17, 15) is 9.59 Å². The van der Waals surface area contributed by atoms with Crippen LogP contribution in [0.3, 0.4) is 0 Å². The summed E-state index contributed by atoms with van der Waals surface area (Å²) in [5.41, 5.74) is 0.152. The molecule has 1 fully saturated rings. The van der Waals surface area contributed by atoms with E-state index in [1.807, 2.05) is 0 Å². The number of rotatable bonds is 7. The van der Waals surface area contributed by atoms with Gasteiger partial charge in [0, 0.05) is 12.8 Å². The zero-order valence-corrected chi connectivity index (χ0v) is 13.6. The third-order valence-corrected chi connectivity index (χ3v) is 3.59. The van der Waals surface area contributed by atoms with Gasteiger partial charge in [0.1, 0.15) is 6.61 Å². The van der Waals surface area contributed by atoms with Gasteiger partial charge >= 0.3 is 5.97 Å². The summed E-state index contributed by atoms with van der Waals surface area (Å²) in [6.07, 6.45) is 3.38. The van der Waals surface area contributed by atoms with Gasteiger partial charge in [-0.15, -0.1) is 0 Å². The minimum Gasteiger partial charge on any atom is -0.462 e. The summed E-state index contributed by atoms with van der Waals surface area (Å²) in [4.78, 5) is 27.5. The number of nitrogens with one attached hydrogen (secondary N) is 1. The molecule has 0 bridgehead atoms. The first-order chi connectivity index (χ1) is 11.1. The normalized spacial score (nSPS) is 17.0. The number of pyridine rings is 1. The number of ether oxygens (including phenoxy) is 3. The fourth-order valence-corrected chi connectivity index (χ4v) is 2.36. The Morgan fingerprint density at radius 1 is 1.52 bits per heavy atom. The number of amides is 1. The number of halogens is 1. The standard InChI is InChI=1S/C15H19ClN2O5/c1-2-22-15(20)11-5-6-17-14(13(11)16)18-12(19)9-21-8-10-4-3-7-23-10/h5-6,10H,2-4,7-9H2,1H3,(H,17,18,19). The fourth-order valence-electron chi connectivity index (χ4n) is 2.12. The first kappa shape index (κ1) is 17.7. The maximum atomic E-state index is 11.9. The average molecular weight is 343 g/mol. The van der Waals surface area contributed by atoms with Crippen molar-refractivity contribution in [3.05, 3.63) is 22.8 Å². The minimum atomic E-state index is -0.565. The van der Waals surface area contributed by atoms with E-state index in [1.54, 1.807) is 6.92 Å². The predicted molar refractivity (Wildman–Crippen MR) is 83.6 cm³/mol. The smallest absolute Gasteiger partial charge is 0.339 e. The van der Waals surface area contributed by atoms with E-state index in [4.69, 9.17) is 25.8 Å². The van der Waals surface area contributed by atoms with Gasteiger partial charge in [0.15, 0.2) is 5.82 Å². The number of carbonyl (C=O) groups is 2. The number of hydrogen-bond acceptors (Lipinski definition) is 6. The zero-order valence-electron chi connectivity index (χ0n) is 12.8. The van der Waals surface area contributed by atoms with Gasteiger partial charge in [0.2, 0.25) is 0 Å². The monoisotopic (exact) mass is 342 g/mol. The van der Waals surface area contributed by atoms with E-state index in [0.29, 0.717) is 6.61 Å². The summed E-state index contributed by atoms with van der Waals surface area (Å²) in [5.74, 6) is -0.869. The Labute approximate surface area is 139 Å². The summed E-state index contributed by atoms with van der Waals surface area (Å²) < 4.78 is 15.6. The van der Waals surface area contributed by atoms with Crippen LogP contribution in [0.15, 0.2) is 12.3 Å². The molecular formula is C15H19ClN2O5. The van der Waals surface area contributed by atoms with E-state index in [0.717, 1.165) is 19.4 Å².